The molecule has 4 aromatic heterocycles. The van der Waals surface area contributed by atoms with Crippen LogP contribution in [0.4, 0.5) is 11.6 Å². The molecule has 3 aromatic carbocycles. The molecule has 0 spiro atoms. The zero-order valence-corrected chi connectivity index (χ0v) is 39.1. The fourth-order valence-electron chi connectivity index (χ4n) is 7.86. The molecule has 1 saturated heterocycles. The van der Waals surface area contributed by atoms with Gasteiger partial charge in [-0.05, 0) is 152 Å². The van der Waals surface area contributed by atoms with Crippen LogP contribution in [0.15, 0.2) is 118 Å². The maximum atomic E-state index is 12.9. The summed E-state index contributed by atoms with van der Waals surface area (Å²) in [5.74, 6) is 0.596. The third-order valence-corrected chi connectivity index (χ3v) is 14.0. The molecule has 6 N–H and O–H groups in total. The minimum Gasteiger partial charge on any atom is -0.369 e. The van der Waals surface area contributed by atoms with Crippen molar-refractivity contribution < 1.29 is 21.6 Å². The van der Waals surface area contributed by atoms with Gasteiger partial charge < -0.3 is 11.1 Å². The fourth-order valence-corrected chi connectivity index (χ4v) is 10.8. The number of fused-ring (bicyclic) bond motifs is 2. The number of nitrogens with two attached hydrogens (primary N) is 1. The Morgan fingerprint density at radius 3 is 1.91 bits per heavy atom. The average molecular weight is 922 g/mol. The van der Waals surface area contributed by atoms with Crippen LogP contribution in [0.3, 0.4) is 0 Å². The quantitative estimate of drug-likeness (QED) is 0.102. The second kappa shape index (κ2) is 18.3. The van der Waals surface area contributed by atoms with Crippen LogP contribution < -0.4 is 26.2 Å². The molecule has 5 heterocycles. The van der Waals surface area contributed by atoms with Crippen molar-refractivity contribution in [3.63, 3.8) is 0 Å². The molecule has 1 fully saturated rings. The average Bonchev–Trinajstić information content (AvgIpc) is 3.84. The van der Waals surface area contributed by atoms with Gasteiger partial charge in [0.2, 0.25) is 31.9 Å². The molecule has 7 aromatic rings. The highest BCUT2D eigenvalue weighted by molar-refractivity contribution is 7.89. The summed E-state index contributed by atoms with van der Waals surface area (Å²) >= 11 is 0. The molecule has 0 bridgehead atoms. The number of likely N-dealkylation sites (tertiary alicyclic amines) is 1. The van der Waals surface area contributed by atoms with Gasteiger partial charge in [-0.25, -0.2) is 45.7 Å². The van der Waals surface area contributed by atoms with Gasteiger partial charge in [0.05, 0.1) is 51.2 Å². The van der Waals surface area contributed by atoms with Crippen LogP contribution in [0, 0.1) is 6.92 Å². The van der Waals surface area contributed by atoms with Gasteiger partial charge in [-0.3, -0.25) is 14.2 Å². The highest BCUT2D eigenvalue weighted by Crippen LogP contribution is 2.32. The Morgan fingerprint density at radius 2 is 1.32 bits per heavy atom. The summed E-state index contributed by atoms with van der Waals surface area (Å²) in [5.41, 5.74) is 11.4. The number of piperidine rings is 1. The number of hydrogen-bond donors (Lipinski definition) is 5. The summed E-state index contributed by atoms with van der Waals surface area (Å²) in [6.07, 6.45) is 5.18. The van der Waals surface area contributed by atoms with Gasteiger partial charge in [0, 0.05) is 27.9 Å². The summed E-state index contributed by atoms with van der Waals surface area (Å²) in [5, 5.41) is 10.7. The molecule has 65 heavy (non-hydrogen) atoms. The molecule has 1 aliphatic heterocycles. The molecule has 0 radical (unpaired) electrons. The molecule has 0 unspecified atom stereocenters. The molecule has 0 saturated carbocycles. The SMILES string of the molecule is CC(C)(C)NS(=O)(=O)c1cccc(-c2ccc3cnc(=O)[nH]n23)c1.Cc1cc(Nc2ncc3ccc(-c4cccc(S(=O)(=O)NC(C)(C)C)c4)n3n2)ccc1C1CCN(CC(N)=O)CC1. The molecular formula is C46H55N11O6S2. The normalized spacial score (nSPS) is 14.3. The summed E-state index contributed by atoms with van der Waals surface area (Å²) < 4.78 is 59.5. The van der Waals surface area contributed by atoms with Crippen molar-refractivity contribution >= 4 is 48.6 Å². The van der Waals surface area contributed by atoms with Crippen molar-refractivity contribution in [2.45, 2.75) is 88.1 Å². The maximum Gasteiger partial charge on any atom is 0.360 e. The molecule has 1 aliphatic rings. The van der Waals surface area contributed by atoms with Crippen molar-refractivity contribution in [2.75, 3.05) is 25.0 Å². The second-order valence-corrected chi connectivity index (χ2v) is 21.6. The van der Waals surface area contributed by atoms with Gasteiger partial charge in [-0.1, -0.05) is 30.3 Å². The van der Waals surface area contributed by atoms with Crippen molar-refractivity contribution in [2.24, 2.45) is 5.73 Å². The van der Waals surface area contributed by atoms with E-state index in [-0.39, 0.29) is 15.7 Å². The smallest absolute Gasteiger partial charge is 0.360 e. The lowest BCUT2D eigenvalue weighted by molar-refractivity contribution is -0.119. The van der Waals surface area contributed by atoms with E-state index >= 15 is 0 Å². The van der Waals surface area contributed by atoms with Gasteiger partial charge in [-0.15, -0.1) is 5.10 Å². The van der Waals surface area contributed by atoms with Crippen LogP contribution in [-0.2, 0) is 24.8 Å². The van der Waals surface area contributed by atoms with Crippen LogP contribution in [0.2, 0.25) is 0 Å². The van der Waals surface area contributed by atoms with Crippen molar-refractivity contribution in [3.05, 3.63) is 125 Å². The predicted molar refractivity (Wildman–Crippen MR) is 252 cm³/mol. The molecule has 0 aliphatic carbocycles. The number of carbonyl (C=O) groups excluding carboxylic acids is 1. The van der Waals surface area contributed by atoms with Crippen molar-refractivity contribution in [3.8, 4) is 22.5 Å². The minimum absolute atomic E-state index is 0.168. The van der Waals surface area contributed by atoms with Crippen LogP contribution in [0.25, 0.3) is 33.5 Å². The molecule has 342 valence electrons. The number of amides is 1. The minimum atomic E-state index is -3.68. The van der Waals surface area contributed by atoms with E-state index in [2.05, 4.69) is 53.8 Å². The van der Waals surface area contributed by atoms with Crippen LogP contribution in [-0.4, -0.2) is 87.6 Å². The van der Waals surface area contributed by atoms with Gasteiger partial charge in [0.1, 0.15) is 0 Å². The van der Waals surface area contributed by atoms with Crippen molar-refractivity contribution in [1.29, 1.82) is 0 Å². The highest BCUT2D eigenvalue weighted by Gasteiger charge is 2.25. The van der Waals surface area contributed by atoms with Gasteiger partial charge in [-0.2, -0.15) is 4.98 Å². The zero-order chi connectivity index (χ0) is 46.9. The maximum absolute atomic E-state index is 12.9. The molecular weight excluding hydrogens is 867 g/mol. The predicted octanol–water partition coefficient (Wildman–Crippen LogP) is 5.96. The Morgan fingerprint density at radius 1 is 0.754 bits per heavy atom. The molecule has 17 nitrogen and oxygen atoms in total. The van der Waals surface area contributed by atoms with E-state index in [1.54, 1.807) is 84.5 Å². The number of hydrogen-bond acceptors (Lipinski definition) is 11. The number of aromatic amines is 1. The Bertz CT molecular complexity index is 3160. The number of aromatic nitrogens is 6. The summed E-state index contributed by atoms with van der Waals surface area (Å²) in [4.78, 5) is 33.3. The van der Waals surface area contributed by atoms with E-state index in [1.165, 1.54) is 23.4 Å². The standard InChI is InChI=1S/C30H37N7O3S.C16H18N4O3S/c1-20-16-23(8-10-26(20)21-12-14-36(15-13-21)19-28(31)38)33-29-32-18-24-9-11-27(37(24)34-29)22-6-5-7-25(17-22)41(39,40)35-30(2,3)4;1-16(2,3)19-24(22,23)13-6-4-5-11(9-13)14-8-7-12-10-17-15(21)18-20(12)14/h5-11,16-18,21,35H,12-15,19H2,1-4H3,(H2,31,38)(H,33,34);4-10,19H,1-3H3,(H,18,21). The number of carbonyl (C=O) groups is 1. The van der Waals surface area contributed by atoms with Crippen LogP contribution >= 0.6 is 0 Å². The Kier molecular flexibility index (Phi) is 13.2. The van der Waals surface area contributed by atoms with E-state index in [9.17, 15) is 26.4 Å². The highest BCUT2D eigenvalue weighted by atomic mass is 32.2. The van der Waals surface area contributed by atoms with Gasteiger partial charge in [0.25, 0.3) is 0 Å². The van der Waals surface area contributed by atoms with Crippen molar-refractivity contribution in [1.82, 2.24) is 43.5 Å². The number of nitrogens with zero attached hydrogens (tertiary/aromatic N) is 6. The molecule has 1 amide bonds. The number of anilines is 2. The Balaban J connectivity index is 0.000000223. The topological polar surface area (TPSA) is 231 Å². The number of sulfonamides is 2. The molecule has 19 heteroatoms. The van der Waals surface area contributed by atoms with Gasteiger partial charge in [0.15, 0.2) is 0 Å². The fraction of sp³-hybridized carbons (Fsp3) is 0.326. The first kappa shape index (κ1) is 46.7. The third kappa shape index (κ3) is 11.5. The molecule has 0 atom stereocenters. The van der Waals surface area contributed by atoms with E-state index < -0.39 is 36.8 Å². The largest absolute Gasteiger partial charge is 0.369 e. The third-order valence-electron chi connectivity index (χ3n) is 10.5. The first-order valence-corrected chi connectivity index (χ1v) is 24.1. The van der Waals surface area contributed by atoms with Gasteiger partial charge >= 0.3 is 5.69 Å². The summed E-state index contributed by atoms with van der Waals surface area (Å²) in [7, 11) is -7.32. The number of aryl methyl sites for hydroxylation is 1. The zero-order valence-electron chi connectivity index (χ0n) is 37.5. The van der Waals surface area contributed by atoms with Crippen LogP contribution in [0.5, 0.6) is 0 Å². The van der Waals surface area contributed by atoms with E-state index in [0.29, 0.717) is 35.2 Å². The van der Waals surface area contributed by atoms with E-state index in [4.69, 9.17) is 10.8 Å². The number of primary amides is 1. The lowest BCUT2D eigenvalue weighted by atomic mass is 9.86. The number of rotatable bonds is 11. The molecule has 8 rings (SSSR count). The lowest BCUT2D eigenvalue weighted by Gasteiger charge is -2.32. The second-order valence-electron chi connectivity index (χ2n) is 18.3. The number of nitrogens with one attached hydrogen (secondary N) is 4. The lowest BCUT2D eigenvalue weighted by Crippen LogP contribution is -2.40. The number of benzene rings is 3. The van der Waals surface area contributed by atoms with E-state index in [0.717, 1.165) is 48.4 Å². The first-order chi connectivity index (χ1) is 30.5. The van der Waals surface area contributed by atoms with E-state index in [1.807, 2.05) is 45.0 Å². The summed E-state index contributed by atoms with van der Waals surface area (Å²) in [6, 6.07) is 27.1. The number of H-pyrrole nitrogens is 1. The van der Waals surface area contributed by atoms with Crippen LogP contribution in [0.1, 0.15) is 71.4 Å². The Labute approximate surface area is 378 Å². The summed E-state index contributed by atoms with van der Waals surface area (Å²) in [6.45, 7) is 14.9. The Hall–Kier alpha value is -6.25. The monoisotopic (exact) mass is 921 g/mol. The first-order valence-electron chi connectivity index (χ1n) is 21.1.